The van der Waals surface area contributed by atoms with Crippen LogP contribution in [0.3, 0.4) is 0 Å². The number of hydrogen-bond donors (Lipinski definition) is 1. The molecule has 1 N–H and O–H groups in total. The number of hydrogen-bond acceptors (Lipinski definition) is 6. The van der Waals surface area contributed by atoms with E-state index in [4.69, 9.17) is 16.0 Å². The topological polar surface area (TPSA) is 106 Å². The molecule has 0 radical (unpaired) electrons. The van der Waals surface area contributed by atoms with E-state index in [-0.39, 0.29) is 18.4 Å². The number of benzene rings is 3. The molecule has 196 valence electrons. The fraction of sp³-hybridized carbons (Fsp3) is 0.138. The van der Waals surface area contributed by atoms with Gasteiger partial charge in [-0.1, -0.05) is 41.9 Å². The van der Waals surface area contributed by atoms with E-state index in [9.17, 15) is 9.59 Å². The van der Waals surface area contributed by atoms with Gasteiger partial charge < -0.3 is 14.6 Å². The number of para-hydroxylation sites is 1. The van der Waals surface area contributed by atoms with Crippen molar-refractivity contribution in [2.45, 2.75) is 26.4 Å². The van der Waals surface area contributed by atoms with Gasteiger partial charge in [-0.05, 0) is 89.5 Å². The number of aryl methyl sites for hydroxylation is 2. The Hall–Kier alpha value is -4.76. The number of rotatable bonds is 8. The summed E-state index contributed by atoms with van der Waals surface area (Å²) in [4.78, 5) is 29.6. The Bertz CT molecular complexity index is 1550. The van der Waals surface area contributed by atoms with Crippen molar-refractivity contribution in [3.05, 3.63) is 124 Å². The van der Waals surface area contributed by atoms with E-state index < -0.39 is 6.04 Å². The molecule has 0 aliphatic rings. The highest BCUT2D eigenvalue weighted by atomic mass is 35.5. The highest BCUT2D eigenvalue weighted by Gasteiger charge is 2.33. The first-order chi connectivity index (χ1) is 18.9. The summed E-state index contributed by atoms with van der Waals surface area (Å²) < 4.78 is 7.08. The number of nitrogens with zero attached hydrogens (tertiary/aromatic N) is 5. The summed E-state index contributed by atoms with van der Waals surface area (Å²) in [6.45, 7) is 3.92. The standard InChI is InChI=1S/C29H25ClN6O3/c1-19-5-3-6-20(2)26(19)32-28(37)27(21-8-12-23(30)13-9-21)35(17-25-7-4-16-39-25)29(38)22-10-14-24(15-11-22)36-18-31-33-34-36/h3-16,18,27H,17H2,1-2H3,(H,32,37)/t27-/m0/s1. The van der Waals surface area contributed by atoms with Crippen molar-refractivity contribution < 1.29 is 14.0 Å². The van der Waals surface area contributed by atoms with Gasteiger partial charge in [0.25, 0.3) is 11.8 Å². The minimum absolute atomic E-state index is 0.0635. The molecule has 3 aromatic carbocycles. The number of carbonyl (C=O) groups is 2. The third-order valence-electron chi connectivity index (χ3n) is 6.37. The normalized spacial score (nSPS) is 11.7. The number of carbonyl (C=O) groups excluding carboxylic acids is 2. The number of halogens is 1. The number of amides is 2. The van der Waals surface area contributed by atoms with Crippen molar-refractivity contribution in [1.29, 1.82) is 0 Å². The van der Waals surface area contributed by atoms with E-state index in [1.54, 1.807) is 60.7 Å². The molecule has 9 nitrogen and oxygen atoms in total. The molecule has 0 unspecified atom stereocenters. The zero-order valence-electron chi connectivity index (χ0n) is 21.3. The van der Waals surface area contributed by atoms with Crippen LogP contribution in [0.1, 0.15) is 38.9 Å². The molecular weight excluding hydrogens is 516 g/mol. The van der Waals surface area contributed by atoms with E-state index in [1.165, 1.54) is 22.2 Å². The molecule has 2 aromatic heterocycles. The first kappa shape index (κ1) is 25.9. The van der Waals surface area contributed by atoms with Gasteiger partial charge in [0, 0.05) is 16.3 Å². The third kappa shape index (κ3) is 5.73. The quantitative estimate of drug-likeness (QED) is 0.277. The van der Waals surface area contributed by atoms with Crippen LogP contribution in [-0.2, 0) is 11.3 Å². The predicted molar refractivity (Wildman–Crippen MR) is 146 cm³/mol. The van der Waals surface area contributed by atoms with Gasteiger partial charge in [0.1, 0.15) is 18.1 Å². The number of nitrogens with one attached hydrogen (secondary N) is 1. The number of tetrazole rings is 1. The van der Waals surface area contributed by atoms with E-state index >= 15 is 0 Å². The average molecular weight is 541 g/mol. The minimum atomic E-state index is -0.988. The summed E-state index contributed by atoms with van der Waals surface area (Å²) in [5.74, 6) is -0.182. The summed E-state index contributed by atoms with van der Waals surface area (Å²) in [5.41, 5.74) is 4.22. The summed E-state index contributed by atoms with van der Waals surface area (Å²) in [6, 6.07) is 22.0. The molecule has 0 fully saturated rings. The predicted octanol–water partition coefficient (Wildman–Crippen LogP) is 5.55. The molecular formula is C29H25ClN6O3. The molecule has 39 heavy (non-hydrogen) atoms. The molecule has 10 heteroatoms. The highest BCUT2D eigenvalue weighted by molar-refractivity contribution is 6.30. The van der Waals surface area contributed by atoms with Gasteiger partial charge in [0.15, 0.2) is 0 Å². The maximum Gasteiger partial charge on any atom is 0.255 e. The third-order valence-corrected chi connectivity index (χ3v) is 6.62. The molecule has 0 aliphatic heterocycles. The van der Waals surface area contributed by atoms with Gasteiger partial charge in [0.05, 0.1) is 18.5 Å². The second-order valence-corrected chi connectivity index (χ2v) is 9.46. The Morgan fingerprint density at radius 2 is 1.69 bits per heavy atom. The highest BCUT2D eigenvalue weighted by Crippen LogP contribution is 2.30. The van der Waals surface area contributed by atoms with E-state index in [0.717, 1.165) is 11.1 Å². The second-order valence-electron chi connectivity index (χ2n) is 9.02. The van der Waals surface area contributed by atoms with Crippen LogP contribution in [0.4, 0.5) is 5.69 Å². The van der Waals surface area contributed by atoms with Crippen molar-refractivity contribution in [2.75, 3.05) is 5.32 Å². The molecule has 5 aromatic rings. The zero-order valence-corrected chi connectivity index (χ0v) is 22.0. The van der Waals surface area contributed by atoms with Crippen LogP contribution in [0.2, 0.25) is 5.02 Å². The van der Waals surface area contributed by atoms with Crippen LogP contribution >= 0.6 is 11.6 Å². The first-order valence-corrected chi connectivity index (χ1v) is 12.6. The molecule has 2 heterocycles. The second kappa shape index (κ2) is 11.3. The molecule has 0 saturated carbocycles. The number of furan rings is 1. The zero-order chi connectivity index (χ0) is 27.4. The van der Waals surface area contributed by atoms with Crippen molar-refractivity contribution >= 4 is 29.1 Å². The maximum atomic E-state index is 14.1. The van der Waals surface area contributed by atoms with Crippen LogP contribution < -0.4 is 5.32 Å². The summed E-state index contributed by atoms with van der Waals surface area (Å²) in [7, 11) is 0. The van der Waals surface area contributed by atoms with Crippen LogP contribution in [0.5, 0.6) is 0 Å². The van der Waals surface area contributed by atoms with Crippen molar-refractivity contribution in [2.24, 2.45) is 0 Å². The molecule has 0 aliphatic carbocycles. The Balaban J connectivity index is 1.56. The minimum Gasteiger partial charge on any atom is -0.467 e. The molecule has 0 bridgehead atoms. The lowest BCUT2D eigenvalue weighted by atomic mass is 10.0. The lowest BCUT2D eigenvalue weighted by Gasteiger charge is -2.31. The van der Waals surface area contributed by atoms with Crippen molar-refractivity contribution in [3.8, 4) is 5.69 Å². The van der Waals surface area contributed by atoms with Gasteiger partial charge in [-0.2, -0.15) is 0 Å². The van der Waals surface area contributed by atoms with E-state index in [2.05, 4.69) is 20.8 Å². The molecule has 1 atom stereocenters. The lowest BCUT2D eigenvalue weighted by molar-refractivity contribution is -0.121. The van der Waals surface area contributed by atoms with Crippen LogP contribution in [0.15, 0.2) is 95.9 Å². The summed E-state index contributed by atoms with van der Waals surface area (Å²) in [5, 5.41) is 14.8. The van der Waals surface area contributed by atoms with Gasteiger partial charge in [0.2, 0.25) is 0 Å². The SMILES string of the molecule is Cc1cccc(C)c1NC(=O)[C@H](c1ccc(Cl)cc1)N(Cc1ccco1)C(=O)c1ccc(-n2cnnn2)cc1. The van der Waals surface area contributed by atoms with E-state index in [0.29, 0.717) is 33.3 Å². The molecule has 5 rings (SSSR count). The number of aromatic nitrogens is 4. The fourth-order valence-corrected chi connectivity index (χ4v) is 4.50. The van der Waals surface area contributed by atoms with Gasteiger partial charge >= 0.3 is 0 Å². The monoisotopic (exact) mass is 540 g/mol. The molecule has 0 saturated heterocycles. The molecule has 0 spiro atoms. The van der Waals surface area contributed by atoms with Gasteiger partial charge in [-0.3, -0.25) is 9.59 Å². The molecule has 2 amide bonds. The Morgan fingerprint density at radius 3 is 2.31 bits per heavy atom. The van der Waals surface area contributed by atoms with Crippen LogP contribution in [-0.4, -0.2) is 36.9 Å². The van der Waals surface area contributed by atoms with Crippen LogP contribution in [0, 0.1) is 13.8 Å². The lowest BCUT2D eigenvalue weighted by Crippen LogP contribution is -2.41. The summed E-state index contributed by atoms with van der Waals surface area (Å²) >= 11 is 6.17. The smallest absolute Gasteiger partial charge is 0.255 e. The van der Waals surface area contributed by atoms with Gasteiger partial charge in [-0.25, -0.2) is 4.68 Å². The Labute approximate surface area is 230 Å². The summed E-state index contributed by atoms with van der Waals surface area (Å²) in [6.07, 6.45) is 3.00. The van der Waals surface area contributed by atoms with Gasteiger partial charge in [-0.15, -0.1) is 5.10 Å². The first-order valence-electron chi connectivity index (χ1n) is 12.2. The maximum absolute atomic E-state index is 14.1. The largest absolute Gasteiger partial charge is 0.467 e. The Kier molecular flexibility index (Phi) is 7.51. The van der Waals surface area contributed by atoms with E-state index in [1.807, 2.05) is 32.0 Å². The Morgan fingerprint density at radius 1 is 0.974 bits per heavy atom. The van der Waals surface area contributed by atoms with Crippen molar-refractivity contribution in [1.82, 2.24) is 25.1 Å². The number of anilines is 1. The van der Waals surface area contributed by atoms with Crippen molar-refractivity contribution in [3.63, 3.8) is 0 Å². The van der Waals surface area contributed by atoms with Crippen LogP contribution in [0.25, 0.3) is 5.69 Å². The fourth-order valence-electron chi connectivity index (χ4n) is 4.37. The average Bonchev–Trinajstić information content (AvgIpc) is 3.66.